The summed E-state index contributed by atoms with van der Waals surface area (Å²) in [6.45, 7) is 0. The Hall–Kier alpha value is -4.11. The van der Waals surface area contributed by atoms with E-state index < -0.39 is 11.9 Å². The van der Waals surface area contributed by atoms with Gasteiger partial charge in [0.05, 0.1) is 18.9 Å². The minimum absolute atomic E-state index is 0.260. The average molecular weight is 637 g/mol. The molecule has 0 aliphatic heterocycles. The first-order valence-electron chi connectivity index (χ1n) is 11.9. The molecule has 10 heteroatoms. The maximum Gasteiger partial charge on any atom is 0.343 e. The molecule has 0 aliphatic rings. The second-order valence-electron chi connectivity index (χ2n) is 8.54. The van der Waals surface area contributed by atoms with Gasteiger partial charge in [-0.2, -0.15) is 5.10 Å². The second-order valence-corrected chi connectivity index (χ2v) is 10.3. The zero-order chi connectivity index (χ0) is 28.2. The average Bonchev–Trinajstić information content (AvgIpc) is 3.33. The van der Waals surface area contributed by atoms with E-state index >= 15 is 0 Å². The van der Waals surface area contributed by atoms with E-state index in [1.54, 1.807) is 61.7 Å². The Morgan fingerprint density at radius 1 is 0.975 bits per heavy atom. The van der Waals surface area contributed by atoms with E-state index in [9.17, 15) is 9.59 Å². The fourth-order valence-electron chi connectivity index (χ4n) is 4.09. The summed E-state index contributed by atoms with van der Waals surface area (Å²) in [7, 11) is 1.58. The summed E-state index contributed by atoms with van der Waals surface area (Å²) in [6.07, 6.45) is 1.40. The highest BCUT2D eigenvalue weighted by molar-refractivity contribution is 9.10. The minimum Gasteiger partial charge on any atom is -0.497 e. The number of methoxy groups -OCH3 is 1. The summed E-state index contributed by atoms with van der Waals surface area (Å²) in [5.41, 5.74) is 5.67. The molecule has 2 N–H and O–H groups in total. The molecular weight excluding hydrogens is 617 g/mol. The van der Waals surface area contributed by atoms with E-state index in [0.29, 0.717) is 38.0 Å². The third kappa shape index (κ3) is 5.89. The third-order valence-corrected chi connectivity index (χ3v) is 7.07. The number of hydrogen-bond acceptors (Lipinski definition) is 5. The Morgan fingerprint density at radius 3 is 2.50 bits per heavy atom. The number of fused-ring (bicyclic) bond motifs is 1. The van der Waals surface area contributed by atoms with Crippen LogP contribution in [0.15, 0.2) is 94.5 Å². The van der Waals surface area contributed by atoms with Gasteiger partial charge < -0.3 is 14.5 Å². The predicted octanol–water partition coefficient (Wildman–Crippen LogP) is 7.90. The number of nitrogens with zero attached hydrogens (tertiary/aromatic N) is 1. The molecular formula is C30H20BrCl2N3O4. The Bertz CT molecular complexity index is 1770. The van der Waals surface area contributed by atoms with E-state index in [-0.39, 0.29) is 11.4 Å². The van der Waals surface area contributed by atoms with Crippen molar-refractivity contribution in [2.45, 2.75) is 0 Å². The monoisotopic (exact) mass is 635 g/mol. The largest absolute Gasteiger partial charge is 0.497 e. The number of amides is 1. The van der Waals surface area contributed by atoms with Crippen LogP contribution in [0.5, 0.6) is 11.5 Å². The molecule has 4 aromatic carbocycles. The topological polar surface area (TPSA) is 92.8 Å². The number of carbonyl (C=O) groups is 2. The lowest BCUT2D eigenvalue weighted by Crippen LogP contribution is -2.19. The van der Waals surface area contributed by atoms with Crippen molar-refractivity contribution >= 4 is 68.1 Å². The molecule has 0 spiro atoms. The van der Waals surface area contributed by atoms with Gasteiger partial charge in [0.1, 0.15) is 17.2 Å². The van der Waals surface area contributed by atoms with Gasteiger partial charge in [-0.05, 0) is 66.7 Å². The van der Waals surface area contributed by atoms with Crippen LogP contribution in [0.2, 0.25) is 10.0 Å². The second kappa shape index (κ2) is 12.0. The van der Waals surface area contributed by atoms with Crippen LogP contribution in [0.25, 0.3) is 22.0 Å². The summed E-state index contributed by atoms with van der Waals surface area (Å²) in [4.78, 5) is 29.2. The highest BCUT2D eigenvalue weighted by Gasteiger charge is 2.21. The van der Waals surface area contributed by atoms with Gasteiger partial charge in [0.2, 0.25) is 0 Å². The standard InChI is InChI=1S/C30H20BrCl2N3O4/c1-39-21-11-12-25-23(15-21)27(22-4-2-3-5-24(22)33)28(35-25)29(37)36-34-16-18-14-19(31)8-13-26(18)40-30(38)17-6-9-20(32)10-7-17/h2-16,35H,1H3,(H,36,37). The maximum absolute atomic E-state index is 13.4. The molecule has 0 aliphatic carbocycles. The maximum atomic E-state index is 13.4. The van der Waals surface area contributed by atoms with E-state index in [2.05, 4.69) is 31.4 Å². The smallest absolute Gasteiger partial charge is 0.343 e. The van der Waals surface area contributed by atoms with Gasteiger partial charge in [0.15, 0.2) is 0 Å². The van der Waals surface area contributed by atoms with E-state index in [4.69, 9.17) is 32.7 Å². The van der Waals surface area contributed by atoms with Crippen LogP contribution in [0, 0.1) is 0 Å². The minimum atomic E-state index is -0.560. The lowest BCUT2D eigenvalue weighted by molar-refractivity contribution is 0.0734. The molecule has 1 aromatic heterocycles. The molecule has 200 valence electrons. The molecule has 0 saturated carbocycles. The molecule has 0 saturated heterocycles. The predicted molar refractivity (Wildman–Crippen MR) is 161 cm³/mol. The molecule has 0 radical (unpaired) electrons. The number of nitrogens with one attached hydrogen (secondary N) is 2. The number of benzene rings is 4. The van der Waals surface area contributed by atoms with Crippen LogP contribution in [0.1, 0.15) is 26.4 Å². The van der Waals surface area contributed by atoms with E-state index in [0.717, 1.165) is 15.4 Å². The summed E-state index contributed by atoms with van der Waals surface area (Å²) >= 11 is 15.8. The number of aromatic nitrogens is 1. The number of halogens is 3. The SMILES string of the molecule is COc1ccc2[nH]c(C(=O)NN=Cc3cc(Br)ccc3OC(=O)c3ccc(Cl)cc3)c(-c3ccccc3Cl)c2c1. The van der Waals surface area contributed by atoms with Gasteiger partial charge in [0.25, 0.3) is 5.91 Å². The Balaban J connectivity index is 1.43. The van der Waals surface area contributed by atoms with Crippen LogP contribution < -0.4 is 14.9 Å². The van der Waals surface area contributed by atoms with Gasteiger partial charge in [-0.15, -0.1) is 0 Å². The molecule has 0 atom stereocenters. The number of carbonyl (C=O) groups excluding carboxylic acids is 2. The molecule has 40 heavy (non-hydrogen) atoms. The molecule has 1 amide bonds. The first kappa shape index (κ1) is 27.5. The molecule has 0 bridgehead atoms. The third-order valence-electron chi connectivity index (χ3n) is 6.00. The van der Waals surface area contributed by atoms with Crippen molar-refractivity contribution < 1.29 is 19.1 Å². The van der Waals surface area contributed by atoms with Crippen LogP contribution >= 0.6 is 39.1 Å². The molecule has 5 rings (SSSR count). The number of ether oxygens (including phenoxy) is 2. The zero-order valence-electron chi connectivity index (χ0n) is 20.9. The molecule has 5 aromatic rings. The van der Waals surface area contributed by atoms with Crippen LogP contribution in [-0.2, 0) is 0 Å². The molecule has 0 fully saturated rings. The number of rotatable bonds is 7. The lowest BCUT2D eigenvalue weighted by Gasteiger charge is -2.09. The van der Waals surface area contributed by atoms with E-state index in [1.165, 1.54) is 6.21 Å². The van der Waals surface area contributed by atoms with Crippen LogP contribution in [0.3, 0.4) is 0 Å². The summed E-state index contributed by atoms with van der Waals surface area (Å²) in [5.74, 6) is -0.151. The molecule has 7 nitrogen and oxygen atoms in total. The van der Waals surface area contributed by atoms with E-state index in [1.807, 2.05) is 30.3 Å². The fourth-order valence-corrected chi connectivity index (χ4v) is 4.82. The van der Waals surface area contributed by atoms with Crippen molar-refractivity contribution in [2.24, 2.45) is 5.10 Å². The van der Waals surface area contributed by atoms with Crippen molar-refractivity contribution in [3.63, 3.8) is 0 Å². The summed E-state index contributed by atoms with van der Waals surface area (Å²) in [5, 5.41) is 5.91. The van der Waals surface area contributed by atoms with Crippen molar-refractivity contribution in [1.82, 2.24) is 10.4 Å². The van der Waals surface area contributed by atoms with Gasteiger partial charge >= 0.3 is 5.97 Å². The number of H-pyrrole nitrogens is 1. The molecule has 0 unspecified atom stereocenters. The number of esters is 1. The number of hydrogen-bond donors (Lipinski definition) is 2. The Morgan fingerprint density at radius 2 is 1.75 bits per heavy atom. The highest BCUT2D eigenvalue weighted by atomic mass is 79.9. The first-order chi connectivity index (χ1) is 19.3. The summed E-state index contributed by atoms with van der Waals surface area (Å²) in [6, 6.07) is 24.2. The van der Waals surface area contributed by atoms with Crippen molar-refractivity contribution in [2.75, 3.05) is 7.11 Å². The Kier molecular flexibility index (Phi) is 8.21. The zero-order valence-corrected chi connectivity index (χ0v) is 24.0. The van der Waals surface area contributed by atoms with Gasteiger partial charge in [0, 0.05) is 42.1 Å². The number of aromatic amines is 1. The van der Waals surface area contributed by atoms with Crippen LogP contribution in [0.4, 0.5) is 0 Å². The number of hydrazone groups is 1. The quantitative estimate of drug-likeness (QED) is 0.0822. The van der Waals surface area contributed by atoms with Gasteiger partial charge in [-0.25, -0.2) is 10.2 Å². The highest BCUT2D eigenvalue weighted by Crippen LogP contribution is 2.38. The van der Waals surface area contributed by atoms with Crippen molar-refractivity contribution in [3.05, 3.63) is 116 Å². The fraction of sp³-hybridized carbons (Fsp3) is 0.0333. The normalized spacial score (nSPS) is 11.1. The van der Waals surface area contributed by atoms with Gasteiger partial charge in [-0.1, -0.05) is 57.3 Å². The lowest BCUT2D eigenvalue weighted by atomic mass is 10.0. The van der Waals surface area contributed by atoms with Gasteiger partial charge in [-0.3, -0.25) is 4.79 Å². The van der Waals surface area contributed by atoms with Crippen molar-refractivity contribution in [3.8, 4) is 22.6 Å². The van der Waals surface area contributed by atoms with Crippen LogP contribution in [-0.4, -0.2) is 30.2 Å². The Labute approximate surface area is 247 Å². The first-order valence-corrected chi connectivity index (χ1v) is 13.4. The van der Waals surface area contributed by atoms with Crippen molar-refractivity contribution in [1.29, 1.82) is 0 Å². The summed E-state index contributed by atoms with van der Waals surface area (Å²) < 4.78 is 11.7. The molecule has 1 heterocycles.